The highest BCUT2D eigenvalue weighted by Gasteiger charge is 2.37. The molecule has 0 fully saturated rings. The first-order valence-corrected chi connectivity index (χ1v) is 8.86. The van der Waals surface area contributed by atoms with Gasteiger partial charge in [-0.3, -0.25) is 14.4 Å². The monoisotopic (exact) mass is 371 g/mol. The molecule has 2 amide bonds. The third-order valence-corrected chi connectivity index (χ3v) is 4.63. The number of aryl methyl sites for hydroxylation is 1. The van der Waals surface area contributed by atoms with Gasteiger partial charge in [0.1, 0.15) is 5.75 Å². The molecule has 3 aromatic rings. The molecule has 0 saturated heterocycles. The van der Waals surface area contributed by atoms with Gasteiger partial charge in [-0.05, 0) is 31.2 Å². The molecule has 0 saturated carbocycles. The minimum Gasteiger partial charge on any atom is -0.483 e. The Hall–Kier alpha value is -3.73. The number of anilines is 1. The fraction of sp³-hybridized carbons (Fsp3) is 0.0870. The number of imide groups is 1. The zero-order chi connectivity index (χ0) is 19.7. The van der Waals surface area contributed by atoms with Crippen molar-refractivity contribution in [2.24, 2.45) is 0 Å². The number of ketones is 1. The largest absolute Gasteiger partial charge is 0.483 e. The van der Waals surface area contributed by atoms with Crippen molar-refractivity contribution in [3.63, 3.8) is 0 Å². The first-order valence-electron chi connectivity index (χ1n) is 8.86. The summed E-state index contributed by atoms with van der Waals surface area (Å²) in [6.07, 6.45) is 0. The van der Waals surface area contributed by atoms with Crippen LogP contribution in [0.5, 0.6) is 5.75 Å². The van der Waals surface area contributed by atoms with Gasteiger partial charge in [0.2, 0.25) is 0 Å². The van der Waals surface area contributed by atoms with E-state index in [4.69, 9.17) is 4.74 Å². The van der Waals surface area contributed by atoms with Crippen molar-refractivity contribution in [1.29, 1.82) is 0 Å². The van der Waals surface area contributed by atoms with Crippen molar-refractivity contribution in [1.82, 2.24) is 0 Å². The normalized spacial score (nSPS) is 12.8. The van der Waals surface area contributed by atoms with E-state index < -0.39 is 11.8 Å². The second-order valence-corrected chi connectivity index (χ2v) is 6.54. The third-order valence-electron chi connectivity index (χ3n) is 4.63. The van der Waals surface area contributed by atoms with Crippen molar-refractivity contribution >= 4 is 23.3 Å². The van der Waals surface area contributed by atoms with E-state index in [-0.39, 0.29) is 12.4 Å². The smallest absolute Gasteiger partial charge is 0.266 e. The number of carbonyl (C=O) groups is 3. The highest BCUT2D eigenvalue weighted by Crippen LogP contribution is 2.34. The molecule has 0 aromatic heterocycles. The molecule has 1 heterocycles. The van der Waals surface area contributed by atoms with Crippen LogP contribution in [0.3, 0.4) is 0 Å². The Kier molecular flexibility index (Phi) is 4.49. The van der Waals surface area contributed by atoms with Crippen molar-refractivity contribution in [2.75, 3.05) is 11.5 Å². The maximum Gasteiger partial charge on any atom is 0.266 e. The lowest BCUT2D eigenvalue weighted by atomic mass is 10.1. The summed E-state index contributed by atoms with van der Waals surface area (Å²) in [7, 11) is 0. The van der Waals surface area contributed by atoms with E-state index in [2.05, 4.69) is 0 Å². The summed E-state index contributed by atoms with van der Waals surface area (Å²) in [5.74, 6) is -0.683. The third kappa shape index (κ3) is 3.07. The van der Waals surface area contributed by atoms with Crippen LogP contribution in [0.4, 0.5) is 5.69 Å². The Morgan fingerprint density at radius 2 is 1.39 bits per heavy atom. The van der Waals surface area contributed by atoms with Gasteiger partial charge in [-0.25, -0.2) is 4.90 Å². The maximum absolute atomic E-state index is 12.7. The predicted molar refractivity (Wildman–Crippen MR) is 105 cm³/mol. The summed E-state index contributed by atoms with van der Waals surface area (Å²) in [4.78, 5) is 39.0. The van der Waals surface area contributed by atoms with Crippen LogP contribution in [0, 0.1) is 6.92 Å². The fourth-order valence-corrected chi connectivity index (χ4v) is 3.14. The number of amides is 2. The minimum absolute atomic E-state index is 0.183. The Balaban J connectivity index is 1.58. The van der Waals surface area contributed by atoms with Crippen LogP contribution in [0.1, 0.15) is 36.6 Å². The molecule has 5 heteroatoms. The number of carbonyl (C=O) groups excluding carboxylic acids is 3. The number of Topliss-reactive ketones (excluding diaryl/α,β-unsaturated/α-hetero) is 1. The number of hydrogen-bond donors (Lipinski definition) is 0. The molecule has 0 aliphatic carbocycles. The van der Waals surface area contributed by atoms with Gasteiger partial charge in [0, 0.05) is 5.56 Å². The molecular weight excluding hydrogens is 354 g/mol. The Bertz CT molecular complexity index is 1050. The predicted octanol–water partition coefficient (Wildman–Crippen LogP) is 4.06. The molecule has 3 aromatic carbocycles. The number of hydrogen-bond acceptors (Lipinski definition) is 4. The molecule has 0 bridgehead atoms. The Labute approximate surface area is 162 Å². The van der Waals surface area contributed by atoms with Crippen LogP contribution in [0.15, 0.2) is 72.8 Å². The van der Waals surface area contributed by atoms with Crippen LogP contribution < -0.4 is 9.64 Å². The van der Waals surface area contributed by atoms with E-state index in [1.807, 2.05) is 19.1 Å². The molecule has 4 rings (SSSR count). The lowest BCUT2D eigenvalue weighted by Crippen LogP contribution is -2.30. The van der Waals surface area contributed by atoms with Crippen LogP contribution in [0.2, 0.25) is 0 Å². The van der Waals surface area contributed by atoms with Crippen molar-refractivity contribution in [3.8, 4) is 5.75 Å². The van der Waals surface area contributed by atoms with Gasteiger partial charge in [0.05, 0.1) is 16.8 Å². The van der Waals surface area contributed by atoms with Crippen molar-refractivity contribution in [3.05, 3.63) is 95.1 Å². The van der Waals surface area contributed by atoms with E-state index >= 15 is 0 Å². The molecular formula is C23H17NO4. The lowest BCUT2D eigenvalue weighted by Gasteiger charge is -2.18. The average Bonchev–Trinajstić information content (AvgIpc) is 2.97. The molecule has 138 valence electrons. The molecule has 0 radical (unpaired) electrons. The topological polar surface area (TPSA) is 63.7 Å². The zero-order valence-electron chi connectivity index (χ0n) is 15.2. The van der Waals surface area contributed by atoms with Crippen LogP contribution in [-0.4, -0.2) is 24.2 Å². The first-order chi connectivity index (χ1) is 13.6. The second kappa shape index (κ2) is 7.12. The van der Waals surface area contributed by atoms with Gasteiger partial charge < -0.3 is 4.74 Å². The number of rotatable bonds is 5. The van der Waals surface area contributed by atoms with E-state index in [0.29, 0.717) is 28.1 Å². The summed E-state index contributed by atoms with van der Waals surface area (Å²) in [6, 6.07) is 20.6. The van der Waals surface area contributed by atoms with Gasteiger partial charge in [0.15, 0.2) is 12.4 Å². The van der Waals surface area contributed by atoms with E-state index in [1.54, 1.807) is 60.7 Å². The van der Waals surface area contributed by atoms with Gasteiger partial charge >= 0.3 is 0 Å². The molecule has 5 nitrogen and oxygen atoms in total. The summed E-state index contributed by atoms with van der Waals surface area (Å²) in [6.45, 7) is 1.76. The standard InChI is InChI=1S/C23H17NO4/c1-15-10-12-16(13-11-15)20(25)14-28-21-9-5-4-8-19(21)24-22(26)17-6-2-3-7-18(17)23(24)27/h2-13H,14H2,1H3. The zero-order valence-corrected chi connectivity index (χ0v) is 15.2. The molecule has 1 aliphatic rings. The minimum atomic E-state index is -0.401. The van der Waals surface area contributed by atoms with E-state index in [9.17, 15) is 14.4 Å². The first kappa shape index (κ1) is 17.7. The molecule has 0 atom stereocenters. The van der Waals surface area contributed by atoms with Crippen LogP contribution >= 0.6 is 0 Å². The van der Waals surface area contributed by atoms with Gasteiger partial charge in [-0.2, -0.15) is 0 Å². The van der Waals surface area contributed by atoms with Gasteiger partial charge in [-0.1, -0.05) is 54.1 Å². The van der Waals surface area contributed by atoms with Crippen molar-refractivity contribution < 1.29 is 19.1 Å². The Morgan fingerprint density at radius 3 is 2.04 bits per heavy atom. The average molecular weight is 371 g/mol. The fourth-order valence-electron chi connectivity index (χ4n) is 3.14. The SMILES string of the molecule is Cc1ccc(C(=O)COc2ccccc2N2C(=O)c3ccccc3C2=O)cc1. The quantitative estimate of drug-likeness (QED) is 0.501. The van der Waals surface area contributed by atoms with Crippen LogP contribution in [0.25, 0.3) is 0 Å². The number of fused-ring (bicyclic) bond motifs is 1. The molecule has 0 spiro atoms. The summed E-state index contributed by atoms with van der Waals surface area (Å²) >= 11 is 0. The molecule has 28 heavy (non-hydrogen) atoms. The van der Waals surface area contributed by atoms with Crippen molar-refractivity contribution in [2.45, 2.75) is 6.92 Å². The highest BCUT2D eigenvalue weighted by atomic mass is 16.5. The Morgan fingerprint density at radius 1 is 0.821 bits per heavy atom. The molecule has 0 unspecified atom stereocenters. The van der Waals surface area contributed by atoms with E-state index in [0.717, 1.165) is 10.5 Å². The number of benzene rings is 3. The highest BCUT2D eigenvalue weighted by molar-refractivity contribution is 6.34. The number of ether oxygens (including phenoxy) is 1. The number of para-hydroxylation sites is 2. The summed E-state index contributed by atoms with van der Waals surface area (Å²) < 4.78 is 5.70. The van der Waals surface area contributed by atoms with Crippen LogP contribution in [-0.2, 0) is 0 Å². The second-order valence-electron chi connectivity index (χ2n) is 6.54. The molecule has 0 N–H and O–H groups in total. The molecule has 1 aliphatic heterocycles. The summed E-state index contributed by atoms with van der Waals surface area (Å²) in [5.41, 5.74) is 2.65. The summed E-state index contributed by atoms with van der Waals surface area (Å²) in [5, 5.41) is 0. The van der Waals surface area contributed by atoms with E-state index in [1.165, 1.54) is 0 Å². The lowest BCUT2D eigenvalue weighted by molar-refractivity contribution is 0.0922. The maximum atomic E-state index is 12.7. The van der Waals surface area contributed by atoms with Gasteiger partial charge in [0.25, 0.3) is 11.8 Å². The van der Waals surface area contributed by atoms with Gasteiger partial charge in [-0.15, -0.1) is 0 Å². The number of nitrogens with zero attached hydrogens (tertiary/aromatic N) is 1.